The molecule has 4 rings (SSSR count). The van der Waals surface area contributed by atoms with Gasteiger partial charge in [-0.05, 0) is 18.9 Å². The summed E-state index contributed by atoms with van der Waals surface area (Å²) in [6.07, 6.45) is 6.96. The SMILES string of the molecule is CC(=O)N1C[C@H]2C[C@@H](C1)[C@H](C(=O)NCCCn1ccnc1)n1c2cccc1=O.O=CO. The molecule has 0 unspecified atom stereocenters. The Morgan fingerprint density at radius 1 is 1.32 bits per heavy atom. The molecule has 2 N–H and O–H groups in total. The quantitative estimate of drug-likeness (QED) is 0.525. The number of nitrogens with one attached hydrogen (secondary N) is 1. The molecule has 0 spiro atoms. The summed E-state index contributed by atoms with van der Waals surface area (Å²) in [5.41, 5.74) is 0.704. The van der Waals surface area contributed by atoms with Crippen LogP contribution in [-0.2, 0) is 20.9 Å². The summed E-state index contributed by atoms with van der Waals surface area (Å²) >= 11 is 0. The number of carboxylic acid groups (broad SMARTS) is 1. The third-order valence-corrected chi connectivity index (χ3v) is 5.81. The number of carbonyl (C=O) groups excluding carboxylic acids is 2. The highest BCUT2D eigenvalue weighted by molar-refractivity contribution is 5.81. The third kappa shape index (κ3) is 5.01. The fourth-order valence-corrected chi connectivity index (χ4v) is 4.52. The molecule has 1 saturated heterocycles. The van der Waals surface area contributed by atoms with Crippen LogP contribution in [0.2, 0.25) is 0 Å². The summed E-state index contributed by atoms with van der Waals surface area (Å²) in [5, 5.41) is 9.88. The van der Waals surface area contributed by atoms with Crippen molar-refractivity contribution in [2.24, 2.45) is 5.92 Å². The molecule has 2 aromatic heterocycles. The Hall–Kier alpha value is -3.43. The Morgan fingerprint density at radius 3 is 2.77 bits per heavy atom. The smallest absolute Gasteiger partial charge is 0.290 e. The van der Waals surface area contributed by atoms with Crippen LogP contribution in [0.5, 0.6) is 0 Å². The van der Waals surface area contributed by atoms with Crippen molar-refractivity contribution in [2.45, 2.75) is 38.3 Å². The highest BCUT2D eigenvalue weighted by Gasteiger charge is 2.44. The maximum atomic E-state index is 13.1. The van der Waals surface area contributed by atoms with E-state index in [1.807, 2.05) is 16.8 Å². The molecule has 0 saturated carbocycles. The average molecular weight is 429 g/mol. The molecule has 2 aliphatic heterocycles. The van der Waals surface area contributed by atoms with Crippen molar-refractivity contribution in [2.75, 3.05) is 19.6 Å². The Kier molecular flexibility index (Phi) is 7.22. The van der Waals surface area contributed by atoms with Gasteiger partial charge in [-0.3, -0.25) is 23.7 Å². The highest BCUT2D eigenvalue weighted by Crippen LogP contribution is 2.41. The van der Waals surface area contributed by atoms with Crippen LogP contribution in [0.3, 0.4) is 0 Å². The summed E-state index contributed by atoms with van der Waals surface area (Å²) in [7, 11) is 0. The lowest BCUT2D eigenvalue weighted by Crippen LogP contribution is -2.54. The number of fused-ring (bicyclic) bond motifs is 4. The summed E-state index contributed by atoms with van der Waals surface area (Å²) in [5.74, 6) is -0.0827. The number of piperidine rings is 1. The number of amides is 2. The Balaban J connectivity index is 0.000000858. The number of likely N-dealkylation sites (tertiary alicyclic amines) is 1. The first-order valence-electron chi connectivity index (χ1n) is 10.2. The second kappa shape index (κ2) is 10.1. The van der Waals surface area contributed by atoms with E-state index in [9.17, 15) is 14.4 Å². The van der Waals surface area contributed by atoms with E-state index >= 15 is 0 Å². The molecule has 166 valence electrons. The van der Waals surface area contributed by atoms with E-state index in [0.29, 0.717) is 19.6 Å². The maximum Gasteiger partial charge on any atom is 0.290 e. The molecular weight excluding hydrogens is 402 g/mol. The number of imidazole rings is 1. The molecule has 1 fully saturated rings. The summed E-state index contributed by atoms with van der Waals surface area (Å²) in [6, 6.07) is 4.58. The van der Waals surface area contributed by atoms with Gasteiger partial charge in [-0.25, -0.2) is 4.98 Å². The molecule has 2 bridgehead atoms. The minimum absolute atomic E-state index is 0.0147. The molecule has 4 heterocycles. The van der Waals surface area contributed by atoms with Crippen LogP contribution in [0.1, 0.15) is 37.4 Å². The fraction of sp³-hybridized carbons (Fsp3) is 0.476. The number of rotatable bonds is 5. The van der Waals surface area contributed by atoms with E-state index in [-0.39, 0.29) is 35.7 Å². The Morgan fingerprint density at radius 2 is 2.10 bits per heavy atom. The van der Waals surface area contributed by atoms with Crippen molar-refractivity contribution < 1.29 is 19.5 Å². The van der Waals surface area contributed by atoms with Gasteiger partial charge in [-0.1, -0.05) is 6.07 Å². The number of aryl methyl sites for hydroxylation is 1. The number of carbonyl (C=O) groups is 3. The van der Waals surface area contributed by atoms with Crippen molar-refractivity contribution in [1.29, 1.82) is 0 Å². The number of pyridine rings is 1. The van der Waals surface area contributed by atoms with Crippen LogP contribution < -0.4 is 10.9 Å². The van der Waals surface area contributed by atoms with Crippen LogP contribution in [0.4, 0.5) is 0 Å². The Bertz CT molecular complexity index is 971. The Labute approximate surface area is 179 Å². The molecule has 2 aromatic rings. The first-order chi connectivity index (χ1) is 15.0. The average Bonchev–Trinajstić information content (AvgIpc) is 3.26. The maximum absolute atomic E-state index is 13.1. The number of aromatic nitrogens is 3. The van der Waals surface area contributed by atoms with Crippen molar-refractivity contribution in [3.8, 4) is 0 Å². The second-order valence-electron chi connectivity index (χ2n) is 7.77. The topological polar surface area (TPSA) is 127 Å². The van der Waals surface area contributed by atoms with Gasteiger partial charge in [0, 0.05) is 69.1 Å². The van der Waals surface area contributed by atoms with E-state index in [1.165, 1.54) is 6.07 Å². The van der Waals surface area contributed by atoms with Gasteiger partial charge in [0.15, 0.2) is 0 Å². The van der Waals surface area contributed by atoms with Gasteiger partial charge < -0.3 is 19.9 Å². The van der Waals surface area contributed by atoms with Gasteiger partial charge in [0.05, 0.1) is 6.33 Å². The van der Waals surface area contributed by atoms with Gasteiger partial charge >= 0.3 is 0 Å². The summed E-state index contributed by atoms with van der Waals surface area (Å²) in [4.78, 5) is 51.8. The molecule has 0 aliphatic carbocycles. The second-order valence-corrected chi connectivity index (χ2v) is 7.77. The van der Waals surface area contributed by atoms with Crippen molar-refractivity contribution in [3.63, 3.8) is 0 Å². The predicted octanol–water partition coefficient (Wildman–Crippen LogP) is 0.459. The van der Waals surface area contributed by atoms with Gasteiger partial charge in [0.2, 0.25) is 11.8 Å². The predicted molar refractivity (Wildman–Crippen MR) is 111 cm³/mol. The number of hydrogen-bond donors (Lipinski definition) is 2. The van der Waals surface area contributed by atoms with Crippen molar-refractivity contribution in [3.05, 3.63) is 53.0 Å². The lowest BCUT2D eigenvalue weighted by molar-refractivity contribution is -0.135. The number of hydrogen-bond acceptors (Lipinski definition) is 5. The van der Waals surface area contributed by atoms with Crippen LogP contribution in [0, 0.1) is 5.92 Å². The van der Waals surface area contributed by atoms with Gasteiger partial charge in [0.25, 0.3) is 12.0 Å². The molecule has 2 amide bonds. The van der Waals surface area contributed by atoms with Gasteiger partial charge in [0.1, 0.15) is 6.04 Å². The van der Waals surface area contributed by atoms with Crippen molar-refractivity contribution >= 4 is 18.3 Å². The molecule has 2 aliphatic rings. The minimum Gasteiger partial charge on any atom is -0.483 e. The van der Waals surface area contributed by atoms with E-state index in [1.54, 1.807) is 35.0 Å². The van der Waals surface area contributed by atoms with E-state index in [0.717, 1.165) is 25.1 Å². The van der Waals surface area contributed by atoms with E-state index in [4.69, 9.17) is 9.90 Å². The van der Waals surface area contributed by atoms with E-state index < -0.39 is 6.04 Å². The zero-order valence-electron chi connectivity index (χ0n) is 17.4. The molecule has 3 atom stereocenters. The third-order valence-electron chi connectivity index (χ3n) is 5.81. The highest BCUT2D eigenvalue weighted by atomic mass is 16.3. The largest absolute Gasteiger partial charge is 0.483 e. The fourth-order valence-electron chi connectivity index (χ4n) is 4.52. The molecule has 0 radical (unpaired) electrons. The standard InChI is InChI=1S/C20H25N5O3.CH2O2/c1-14(26)24-11-15-10-16(12-24)19(25-17(15)4-2-5-18(25)27)20(28)22-6-3-8-23-9-7-21-13-23;2-1-3/h2,4-5,7,9,13,15-16,19H,3,6,8,10-12H2,1H3,(H,22,28);1H,(H,2,3)/t15-,16+,19-;/m1./s1. The van der Waals surface area contributed by atoms with Crippen LogP contribution in [-0.4, -0.2) is 62.0 Å². The normalized spacial score (nSPS) is 21.3. The molecule has 10 nitrogen and oxygen atoms in total. The lowest BCUT2D eigenvalue weighted by Gasteiger charge is -2.46. The van der Waals surface area contributed by atoms with Gasteiger partial charge in [-0.15, -0.1) is 0 Å². The molecule has 10 heteroatoms. The van der Waals surface area contributed by atoms with Gasteiger partial charge in [-0.2, -0.15) is 0 Å². The van der Waals surface area contributed by atoms with Crippen LogP contribution >= 0.6 is 0 Å². The lowest BCUT2D eigenvalue weighted by atomic mass is 9.78. The summed E-state index contributed by atoms with van der Waals surface area (Å²) in [6.45, 7) is 3.72. The van der Waals surface area contributed by atoms with Crippen molar-refractivity contribution in [1.82, 2.24) is 24.3 Å². The van der Waals surface area contributed by atoms with Crippen LogP contribution in [0.15, 0.2) is 41.7 Å². The molecule has 31 heavy (non-hydrogen) atoms. The minimum atomic E-state index is -0.574. The zero-order chi connectivity index (χ0) is 22.4. The first-order valence-corrected chi connectivity index (χ1v) is 10.2. The molecule has 0 aromatic carbocycles. The summed E-state index contributed by atoms with van der Waals surface area (Å²) < 4.78 is 3.62. The van der Waals surface area contributed by atoms with Crippen LogP contribution in [0.25, 0.3) is 0 Å². The first kappa shape index (κ1) is 22.3. The van der Waals surface area contributed by atoms with E-state index in [2.05, 4.69) is 10.3 Å². The molecular formula is C21H27N5O5. The zero-order valence-corrected chi connectivity index (χ0v) is 17.4. The monoisotopic (exact) mass is 429 g/mol. The number of nitrogens with zero attached hydrogens (tertiary/aromatic N) is 4.